The first kappa shape index (κ1) is 16.7. The van der Waals surface area contributed by atoms with Gasteiger partial charge < -0.3 is 4.42 Å². The van der Waals surface area contributed by atoms with E-state index in [1.54, 1.807) is 18.2 Å². The number of thioether (sulfide) groups is 1. The Bertz CT molecular complexity index is 899. The Hall–Kier alpha value is -2.15. The van der Waals surface area contributed by atoms with Crippen molar-refractivity contribution in [2.75, 3.05) is 5.32 Å². The minimum Gasteiger partial charge on any atom is -0.457 e. The second-order valence-corrected chi connectivity index (χ2v) is 7.55. The molecule has 3 rings (SSSR count). The molecule has 0 spiro atoms. The number of carbonyl (C=O) groups excluding carboxylic acids is 1. The number of aromatic nitrogens is 2. The molecular weight excluding hydrogens is 412 g/mol. The Morgan fingerprint density at radius 3 is 2.83 bits per heavy atom. The highest BCUT2D eigenvalue weighted by Gasteiger charge is 2.13. The molecule has 0 aliphatic rings. The third kappa shape index (κ3) is 4.23. The van der Waals surface area contributed by atoms with Gasteiger partial charge in [0.1, 0.15) is 6.26 Å². The topological polar surface area (TPSA) is 91.8 Å². The van der Waals surface area contributed by atoms with E-state index in [0.717, 1.165) is 9.90 Å². The molecule has 24 heavy (non-hydrogen) atoms. The summed E-state index contributed by atoms with van der Waals surface area (Å²) in [7, 11) is 0. The first-order valence-electron chi connectivity index (χ1n) is 6.65. The molecule has 1 aromatic carbocycles. The van der Waals surface area contributed by atoms with Crippen molar-refractivity contribution in [3.63, 3.8) is 0 Å². The average Bonchev–Trinajstić information content (AvgIpc) is 3.22. The van der Waals surface area contributed by atoms with E-state index < -0.39 is 0 Å². The maximum atomic E-state index is 12.0. The molecule has 0 aliphatic heterocycles. The first-order chi connectivity index (χ1) is 11.6. The van der Waals surface area contributed by atoms with Gasteiger partial charge in [-0.3, -0.25) is 10.1 Å². The van der Waals surface area contributed by atoms with E-state index in [9.17, 15) is 4.79 Å². The Morgan fingerprint density at radius 2 is 2.17 bits per heavy atom. The number of amides is 1. The van der Waals surface area contributed by atoms with Gasteiger partial charge >= 0.3 is 0 Å². The van der Waals surface area contributed by atoms with Gasteiger partial charge in [-0.15, -0.1) is 10.2 Å². The molecule has 0 saturated heterocycles. The van der Waals surface area contributed by atoms with Crippen LogP contribution in [0.1, 0.15) is 21.5 Å². The molecule has 9 heteroatoms. The van der Waals surface area contributed by atoms with E-state index in [4.69, 9.17) is 9.68 Å². The zero-order valence-electron chi connectivity index (χ0n) is 12.0. The van der Waals surface area contributed by atoms with Crippen molar-refractivity contribution in [2.45, 2.75) is 10.1 Å². The summed E-state index contributed by atoms with van der Waals surface area (Å²) in [5.74, 6) is 0.410. The molecular formula is C15H9BrN4O2S2. The number of nitrogens with one attached hydrogen (secondary N) is 1. The van der Waals surface area contributed by atoms with Gasteiger partial charge in [-0.05, 0) is 33.6 Å². The van der Waals surface area contributed by atoms with E-state index in [2.05, 4.69) is 37.5 Å². The molecule has 2 heterocycles. The summed E-state index contributed by atoms with van der Waals surface area (Å²) in [6.45, 7) is 0. The van der Waals surface area contributed by atoms with Crippen LogP contribution in [0.5, 0.6) is 0 Å². The normalized spacial score (nSPS) is 10.3. The van der Waals surface area contributed by atoms with Gasteiger partial charge in [0.15, 0.2) is 9.01 Å². The highest BCUT2D eigenvalue weighted by Crippen LogP contribution is 2.28. The summed E-state index contributed by atoms with van der Waals surface area (Å²) in [5, 5.41) is 19.9. The number of nitriles is 1. The lowest BCUT2D eigenvalue weighted by molar-refractivity contribution is 0.102. The fraction of sp³-hybridized carbons (Fsp3) is 0.0667. The van der Waals surface area contributed by atoms with Crippen molar-refractivity contribution in [1.29, 1.82) is 5.26 Å². The predicted molar refractivity (Wildman–Crippen MR) is 95.0 cm³/mol. The lowest BCUT2D eigenvalue weighted by Crippen LogP contribution is -2.10. The van der Waals surface area contributed by atoms with Gasteiger partial charge in [0.25, 0.3) is 5.91 Å². The number of hydrogen-bond donors (Lipinski definition) is 1. The molecule has 0 bridgehead atoms. The van der Waals surface area contributed by atoms with E-state index in [-0.39, 0.29) is 5.91 Å². The highest BCUT2D eigenvalue weighted by atomic mass is 79.9. The molecule has 0 aliphatic carbocycles. The Balaban J connectivity index is 1.57. The Labute approximate surface area is 154 Å². The van der Waals surface area contributed by atoms with Crippen LogP contribution in [0.3, 0.4) is 0 Å². The monoisotopic (exact) mass is 420 g/mol. The number of halogens is 1. The summed E-state index contributed by atoms with van der Waals surface area (Å²) in [6.07, 6.45) is 1.36. The molecule has 0 saturated carbocycles. The first-order valence-corrected chi connectivity index (χ1v) is 9.24. The molecule has 6 nitrogen and oxygen atoms in total. The fourth-order valence-corrected chi connectivity index (χ4v) is 3.78. The summed E-state index contributed by atoms with van der Waals surface area (Å²) >= 11 is 5.97. The predicted octanol–water partition coefficient (Wildman–Crippen LogP) is 4.31. The molecule has 0 unspecified atom stereocenters. The number of furan rings is 1. The largest absolute Gasteiger partial charge is 0.457 e. The minimum absolute atomic E-state index is 0.302. The molecule has 1 amide bonds. The fourth-order valence-electron chi connectivity index (χ4n) is 1.74. The van der Waals surface area contributed by atoms with Crippen molar-refractivity contribution in [3.8, 4) is 6.07 Å². The number of anilines is 1. The summed E-state index contributed by atoms with van der Waals surface area (Å²) in [4.78, 5) is 12.0. The smallest absolute Gasteiger partial charge is 0.260 e. The molecule has 0 radical (unpaired) electrons. The standard InChI is InChI=1S/C15H9BrN4O2S2/c16-12-5-11(7-22-12)13(21)18-14-19-20-15(24-14)23-8-10-3-1-9(6-17)2-4-10/h1-5,7H,8H2,(H,18,19,21). The van der Waals surface area contributed by atoms with Crippen LogP contribution in [0.25, 0.3) is 0 Å². The van der Waals surface area contributed by atoms with Crippen molar-refractivity contribution >= 4 is 50.1 Å². The molecule has 120 valence electrons. The third-order valence-corrected chi connectivity index (χ3v) is 5.36. The lowest BCUT2D eigenvalue weighted by Gasteiger charge is -1.98. The SMILES string of the molecule is N#Cc1ccc(CSc2nnc(NC(=O)c3coc(Br)c3)s2)cc1. The number of hydrogen-bond acceptors (Lipinski definition) is 7. The van der Waals surface area contributed by atoms with Gasteiger partial charge in [-0.25, -0.2) is 0 Å². The van der Waals surface area contributed by atoms with Crippen molar-refractivity contribution in [2.24, 2.45) is 0 Å². The molecule has 0 fully saturated rings. The number of rotatable bonds is 5. The van der Waals surface area contributed by atoms with Crippen molar-refractivity contribution < 1.29 is 9.21 Å². The molecule has 0 atom stereocenters. The van der Waals surface area contributed by atoms with Gasteiger partial charge in [-0.1, -0.05) is 35.2 Å². The van der Waals surface area contributed by atoms with Crippen LogP contribution < -0.4 is 5.32 Å². The third-order valence-electron chi connectivity index (χ3n) is 2.90. The number of benzene rings is 1. The van der Waals surface area contributed by atoms with Crippen LogP contribution in [0, 0.1) is 11.3 Å². The summed E-state index contributed by atoms with van der Waals surface area (Å²) < 4.78 is 6.27. The second kappa shape index (κ2) is 7.61. The van der Waals surface area contributed by atoms with Gasteiger partial charge in [0.2, 0.25) is 5.13 Å². The molecule has 1 N–H and O–H groups in total. The Morgan fingerprint density at radius 1 is 1.38 bits per heavy atom. The van der Waals surface area contributed by atoms with Crippen LogP contribution in [0.15, 0.2) is 50.0 Å². The zero-order valence-corrected chi connectivity index (χ0v) is 15.2. The van der Waals surface area contributed by atoms with Crippen LogP contribution in [-0.4, -0.2) is 16.1 Å². The van der Waals surface area contributed by atoms with Crippen LogP contribution >= 0.6 is 39.0 Å². The summed E-state index contributed by atoms with van der Waals surface area (Å²) in [5.41, 5.74) is 2.13. The Kier molecular flexibility index (Phi) is 5.30. The second-order valence-electron chi connectivity index (χ2n) is 4.56. The lowest BCUT2D eigenvalue weighted by atomic mass is 10.2. The maximum absolute atomic E-state index is 12.0. The van der Waals surface area contributed by atoms with Crippen LogP contribution in [0.4, 0.5) is 5.13 Å². The number of carbonyl (C=O) groups is 1. The average molecular weight is 421 g/mol. The van der Waals surface area contributed by atoms with Crippen molar-refractivity contribution in [3.05, 3.63) is 58.0 Å². The number of nitrogens with zero attached hydrogens (tertiary/aromatic N) is 3. The minimum atomic E-state index is -0.302. The molecule has 2 aromatic heterocycles. The highest BCUT2D eigenvalue weighted by molar-refractivity contribution is 9.10. The summed E-state index contributed by atoms with van der Waals surface area (Å²) in [6, 6.07) is 11.1. The maximum Gasteiger partial charge on any atom is 0.260 e. The van der Waals surface area contributed by atoms with E-state index >= 15 is 0 Å². The van der Waals surface area contributed by atoms with Crippen molar-refractivity contribution in [1.82, 2.24) is 10.2 Å². The van der Waals surface area contributed by atoms with Crippen LogP contribution in [-0.2, 0) is 5.75 Å². The van der Waals surface area contributed by atoms with Crippen LogP contribution in [0.2, 0.25) is 0 Å². The van der Waals surface area contributed by atoms with E-state index in [1.807, 2.05) is 12.1 Å². The molecule has 3 aromatic rings. The van der Waals surface area contributed by atoms with Gasteiger partial charge in [0.05, 0.1) is 17.2 Å². The zero-order chi connectivity index (χ0) is 16.9. The van der Waals surface area contributed by atoms with E-state index in [1.165, 1.54) is 29.4 Å². The van der Waals surface area contributed by atoms with E-state index in [0.29, 0.717) is 26.7 Å². The quantitative estimate of drug-likeness (QED) is 0.488. The van der Waals surface area contributed by atoms with Gasteiger partial charge in [-0.2, -0.15) is 5.26 Å². The van der Waals surface area contributed by atoms with Gasteiger partial charge in [0, 0.05) is 11.8 Å².